The summed E-state index contributed by atoms with van der Waals surface area (Å²) in [5.74, 6) is 1.78. The molecule has 28 heavy (non-hydrogen) atoms. The first-order chi connectivity index (χ1) is 13.5. The Labute approximate surface area is 166 Å². The summed E-state index contributed by atoms with van der Waals surface area (Å²) in [7, 11) is 0. The van der Waals surface area contributed by atoms with Gasteiger partial charge >= 0.3 is 0 Å². The minimum atomic E-state index is -0.0268. The number of aromatic nitrogens is 2. The molecule has 148 valence electrons. The second-order valence-electron chi connectivity index (χ2n) is 8.41. The Hall–Kier alpha value is -2.63. The molecule has 1 aliphatic heterocycles. The van der Waals surface area contributed by atoms with E-state index >= 15 is 0 Å². The van der Waals surface area contributed by atoms with E-state index < -0.39 is 0 Å². The van der Waals surface area contributed by atoms with Crippen molar-refractivity contribution in [3.05, 3.63) is 48.2 Å². The fourth-order valence-corrected chi connectivity index (χ4v) is 4.96. The summed E-state index contributed by atoms with van der Waals surface area (Å²) >= 11 is 0. The van der Waals surface area contributed by atoms with Gasteiger partial charge in [0.25, 0.3) is 0 Å². The Balaban J connectivity index is 1.50. The number of nitrogens with zero attached hydrogens (tertiary/aromatic N) is 3. The van der Waals surface area contributed by atoms with Gasteiger partial charge in [-0.25, -0.2) is 4.98 Å². The molecule has 2 heterocycles. The fraction of sp³-hybridized carbons (Fsp3) is 0.500. The van der Waals surface area contributed by atoms with Crippen LogP contribution < -0.4 is 15.0 Å². The van der Waals surface area contributed by atoms with Gasteiger partial charge in [0.15, 0.2) is 0 Å². The first-order valence-corrected chi connectivity index (χ1v) is 10.0. The molecule has 2 fully saturated rings. The third-order valence-electron chi connectivity index (χ3n) is 6.13. The lowest BCUT2D eigenvalue weighted by Gasteiger charge is -2.64. The molecule has 0 radical (unpaired) electrons. The molecular weight excluding hydrogens is 352 g/mol. The summed E-state index contributed by atoms with van der Waals surface area (Å²) in [4.78, 5) is 23.2. The van der Waals surface area contributed by atoms with Crippen molar-refractivity contribution >= 4 is 11.9 Å². The van der Waals surface area contributed by atoms with Crippen LogP contribution in [-0.2, 0) is 11.4 Å². The number of hydrogen-bond acceptors (Lipinski definition) is 5. The number of rotatable bonds is 5. The Bertz CT molecular complexity index is 839. The molecule has 1 aromatic carbocycles. The van der Waals surface area contributed by atoms with E-state index in [1.165, 1.54) is 0 Å². The highest BCUT2D eigenvalue weighted by atomic mass is 16.5. The van der Waals surface area contributed by atoms with Crippen LogP contribution in [0.3, 0.4) is 0 Å². The summed E-state index contributed by atoms with van der Waals surface area (Å²) in [6.45, 7) is 7.46. The lowest BCUT2D eigenvalue weighted by Crippen LogP contribution is -2.74. The van der Waals surface area contributed by atoms with Gasteiger partial charge in [-0.3, -0.25) is 4.79 Å². The lowest BCUT2D eigenvalue weighted by molar-refractivity contribution is -0.125. The van der Waals surface area contributed by atoms with Crippen LogP contribution >= 0.6 is 0 Å². The molecule has 1 N–H and O–H groups in total. The summed E-state index contributed by atoms with van der Waals surface area (Å²) in [6, 6.07) is 12.4. The van der Waals surface area contributed by atoms with E-state index in [1.807, 2.05) is 30.3 Å². The van der Waals surface area contributed by atoms with Crippen molar-refractivity contribution < 1.29 is 9.53 Å². The van der Waals surface area contributed by atoms with Crippen molar-refractivity contribution in [2.45, 2.75) is 52.3 Å². The van der Waals surface area contributed by atoms with Crippen molar-refractivity contribution in [2.24, 2.45) is 11.3 Å². The monoisotopic (exact) mass is 380 g/mol. The number of piperidine rings is 1. The van der Waals surface area contributed by atoms with Crippen LogP contribution in [0.5, 0.6) is 5.88 Å². The van der Waals surface area contributed by atoms with E-state index in [9.17, 15) is 4.79 Å². The molecule has 2 aromatic rings. The van der Waals surface area contributed by atoms with Gasteiger partial charge in [0.05, 0.1) is 0 Å². The first-order valence-electron chi connectivity index (χ1n) is 10.0. The number of ether oxygens (including phenoxy) is 1. The number of nitrogens with one attached hydrogen (secondary N) is 1. The van der Waals surface area contributed by atoms with Gasteiger partial charge in [0, 0.05) is 49.1 Å². The quantitative estimate of drug-likeness (QED) is 0.863. The van der Waals surface area contributed by atoms with E-state index in [1.54, 1.807) is 19.2 Å². The Morgan fingerprint density at radius 3 is 2.82 bits per heavy atom. The number of benzene rings is 1. The second kappa shape index (κ2) is 7.41. The van der Waals surface area contributed by atoms with Crippen molar-refractivity contribution in [1.82, 2.24) is 15.3 Å². The standard InChI is InChI=1S/C22H28N4O2/c1-15(27)24-19-17-10-7-13-26(20(17)22(19,2)3)21-23-12-11-18(25-21)28-14-16-8-5-4-6-9-16/h4-6,8-9,11-12,17,19-20H,7,10,13-14H2,1-3H3,(H,24,27). The van der Waals surface area contributed by atoms with Crippen LogP contribution in [0.15, 0.2) is 42.6 Å². The van der Waals surface area contributed by atoms with Gasteiger partial charge in [0.1, 0.15) is 6.61 Å². The smallest absolute Gasteiger partial charge is 0.228 e. The molecule has 0 spiro atoms. The zero-order valence-electron chi connectivity index (χ0n) is 16.8. The number of carbonyl (C=O) groups is 1. The Kier molecular flexibility index (Phi) is 4.96. The molecular formula is C22H28N4O2. The summed E-state index contributed by atoms with van der Waals surface area (Å²) < 4.78 is 5.89. The molecule has 6 heteroatoms. The average molecular weight is 380 g/mol. The number of anilines is 1. The van der Waals surface area contributed by atoms with Crippen molar-refractivity contribution in [3.8, 4) is 5.88 Å². The maximum atomic E-state index is 11.6. The van der Waals surface area contributed by atoms with E-state index in [0.717, 1.165) is 30.9 Å². The molecule has 4 rings (SSSR count). The lowest BCUT2D eigenvalue weighted by atomic mass is 9.52. The maximum Gasteiger partial charge on any atom is 0.228 e. The zero-order valence-corrected chi connectivity index (χ0v) is 16.8. The van der Waals surface area contributed by atoms with Crippen molar-refractivity contribution in [3.63, 3.8) is 0 Å². The molecule has 3 atom stereocenters. The SMILES string of the molecule is CC(=O)NC1C2CCCN(c3nccc(OCc4ccccc4)n3)C2C1(C)C. The second-order valence-corrected chi connectivity index (χ2v) is 8.41. The minimum absolute atomic E-state index is 0.0268. The predicted molar refractivity (Wildman–Crippen MR) is 108 cm³/mol. The van der Waals surface area contributed by atoms with Gasteiger partial charge in [-0.15, -0.1) is 0 Å². The number of hydrogen-bond donors (Lipinski definition) is 1. The third-order valence-corrected chi connectivity index (χ3v) is 6.13. The predicted octanol–water partition coefficient (Wildman–Crippen LogP) is 3.19. The largest absolute Gasteiger partial charge is 0.473 e. The molecule has 1 saturated carbocycles. The Morgan fingerprint density at radius 2 is 2.07 bits per heavy atom. The zero-order chi connectivity index (χ0) is 19.7. The number of carbonyl (C=O) groups excluding carboxylic acids is 1. The van der Waals surface area contributed by atoms with Crippen molar-refractivity contribution in [1.29, 1.82) is 0 Å². The van der Waals surface area contributed by atoms with Gasteiger partial charge in [-0.1, -0.05) is 44.2 Å². The topological polar surface area (TPSA) is 67.4 Å². The molecule has 1 aromatic heterocycles. The Morgan fingerprint density at radius 1 is 1.29 bits per heavy atom. The summed E-state index contributed by atoms with van der Waals surface area (Å²) in [6.07, 6.45) is 3.97. The maximum absolute atomic E-state index is 11.6. The van der Waals surface area contributed by atoms with Crippen LogP contribution in [0.1, 0.15) is 39.2 Å². The van der Waals surface area contributed by atoms with Gasteiger partial charge in [-0.2, -0.15) is 4.98 Å². The minimum Gasteiger partial charge on any atom is -0.473 e. The average Bonchev–Trinajstić information content (AvgIpc) is 2.71. The highest BCUT2D eigenvalue weighted by molar-refractivity contribution is 5.73. The van der Waals surface area contributed by atoms with E-state index in [0.29, 0.717) is 24.4 Å². The highest BCUT2D eigenvalue weighted by Gasteiger charge is 2.60. The van der Waals surface area contributed by atoms with E-state index in [-0.39, 0.29) is 17.4 Å². The van der Waals surface area contributed by atoms with Crippen LogP contribution in [0.25, 0.3) is 0 Å². The van der Waals surface area contributed by atoms with Crippen molar-refractivity contribution in [2.75, 3.05) is 11.4 Å². The number of amides is 1. The molecule has 1 amide bonds. The summed E-state index contributed by atoms with van der Waals surface area (Å²) in [5.41, 5.74) is 1.08. The first kappa shape index (κ1) is 18.7. The van der Waals surface area contributed by atoms with Crippen LogP contribution in [0.4, 0.5) is 5.95 Å². The molecule has 1 saturated heterocycles. The normalized spacial score (nSPS) is 25.4. The van der Waals surface area contributed by atoms with Crippen LogP contribution in [0.2, 0.25) is 0 Å². The van der Waals surface area contributed by atoms with E-state index in [4.69, 9.17) is 4.74 Å². The summed E-state index contributed by atoms with van der Waals surface area (Å²) in [5, 5.41) is 3.16. The molecule has 2 aliphatic rings. The van der Waals surface area contributed by atoms with Crippen LogP contribution in [0, 0.1) is 11.3 Å². The van der Waals surface area contributed by atoms with Gasteiger partial charge < -0.3 is 15.0 Å². The van der Waals surface area contributed by atoms with E-state index in [2.05, 4.69) is 34.0 Å². The molecule has 0 bridgehead atoms. The fourth-order valence-electron chi connectivity index (χ4n) is 4.96. The van der Waals surface area contributed by atoms with Gasteiger partial charge in [0.2, 0.25) is 17.7 Å². The molecule has 1 aliphatic carbocycles. The molecule has 3 unspecified atom stereocenters. The highest BCUT2D eigenvalue weighted by Crippen LogP contribution is 2.53. The third kappa shape index (κ3) is 3.43. The van der Waals surface area contributed by atoms with Crippen LogP contribution in [-0.4, -0.2) is 34.5 Å². The van der Waals surface area contributed by atoms with Gasteiger partial charge in [-0.05, 0) is 18.4 Å². The molecule has 6 nitrogen and oxygen atoms in total. The number of fused-ring (bicyclic) bond motifs is 1.